The van der Waals surface area contributed by atoms with Crippen molar-refractivity contribution in [1.29, 1.82) is 0 Å². The van der Waals surface area contributed by atoms with E-state index in [4.69, 9.17) is 9.47 Å². The zero-order valence-electron chi connectivity index (χ0n) is 7.76. The molecule has 0 radical (unpaired) electrons. The summed E-state index contributed by atoms with van der Waals surface area (Å²) < 4.78 is 10.2. The first-order chi connectivity index (χ1) is 5.77. The van der Waals surface area contributed by atoms with Gasteiger partial charge in [0.1, 0.15) is 5.75 Å². The first kappa shape index (κ1) is 9.07. The van der Waals surface area contributed by atoms with Gasteiger partial charge in [-0.3, -0.25) is 0 Å². The lowest BCUT2D eigenvalue weighted by Crippen LogP contribution is -1.93. The van der Waals surface area contributed by atoms with Gasteiger partial charge in [0.25, 0.3) is 0 Å². The minimum Gasteiger partial charge on any atom is -0.496 e. The Morgan fingerprint density at radius 1 is 1.25 bits per heavy atom. The van der Waals surface area contributed by atoms with Gasteiger partial charge in [-0.1, -0.05) is 12.1 Å². The summed E-state index contributed by atoms with van der Waals surface area (Å²) in [6.45, 7) is 2.64. The van der Waals surface area contributed by atoms with Gasteiger partial charge in [0.05, 0.1) is 13.7 Å². The van der Waals surface area contributed by atoms with Crippen molar-refractivity contribution in [3.8, 4) is 5.75 Å². The number of methoxy groups -OCH3 is 2. The Labute approximate surface area is 73.1 Å². The van der Waals surface area contributed by atoms with Crippen LogP contribution in [0, 0.1) is 6.92 Å². The highest BCUT2D eigenvalue weighted by atomic mass is 16.5. The van der Waals surface area contributed by atoms with Crippen LogP contribution in [-0.2, 0) is 11.3 Å². The quantitative estimate of drug-likeness (QED) is 0.685. The molecule has 0 saturated heterocycles. The molecular formula is C10H14O2. The summed E-state index contributed by atoms with van der Waals surface area (Å²) in [5.74, 6) is 0.900. The normalized spacial score (nSPS) is 9.92. The van der Waals surface area contributed by atoms with E-state index in [9.17, 15) is 0 Å². The van der Waals surface area contributed by atoms with Crippen molar-refractivity contribution in [1.82, 2.24) is 0 Å². The lowest BCUT2D eigenvalue weighted by atomic mass is 10.1. The van der Waals surface area contributed by atoms with Gasteiger partial charge >= 0.3 is 0 Å². The summed E-state index contributed by atoms with van der Waals surface area (Å²) in [4.78, 5) is 0. The van der Waals surface area contributed by atoms with E-state index in [0.717, 1.165) is 11.3 Å². The smallest absolute Gasteiger partial charge is 0.124 e. The van der Waals surface area contributed by atoms with E-state index in [1.54, 1.807) is 14.2 Å². The molecule has 0 aliphatic carbocycles. The van der Waals surface area contributed by atoms with Gasteiger partial charge in [0.2, 0.25) is 0 Å². The summed E-state index contributed by atoms with van der Waals surface area (Å²) in [6.07, 6.45) is 0. The highest BCUT2D eigenvalue weighted by molar-refractivity contribution is 5.36. The molecule has 1 aromatic carbocycles. The van der Waals surface area contributed by atoms with Gasteiger partial charge in [-0.2, -0.15) is 0 Å². The maximum Gasteiger partial charge on any atom is 0.124 e. The number of hydrogen-bond acceptors (Lipinski definition) is 2. The molecular weight excluding hydrogens is 152 g/mol. The van der Waals surface area contributed by atoms with Crippen molar-refractivity contribution >= 4 is 0 Å². The molecule has 0 saturated carbocycles. The summed E-state index contributed by atoms with van der Waals surface area (Å²) in [5, 5.41) is 0. The number of rotatable bonds is 3. The fourth-order valence-corrected chi connectivity index (χ4v) is 1.13. The van der Waals surface area contributed by atoms with Crippen LogP contribution in [-0.4, -0.2) is 14.2 Å². The summed E-state index contributed by atoms with van der Waals surface area (Å²) in [7, 11) is 3.35. The van der Waals surface area contributed by atoms with E-state index in [1.807, 2.05) is 19.1 Å². The molecule has 0 fully saturated rings. The van der Waals surface area contributed by atoms with Crippen molar-refractivity contribution in [2.45, 2.75) is 13.5 Å². The Morgan fingerprint density at radius 3 is 2.58 bits per heavy atom. The highest BCUT2D eigenvalue weighted by Crippen LogP contribution is 2.20. The SMILES string of the molecule is COCc1ccc(C)cc1OC. The summed E-state index contributed by atoms with van der Waals surface area (Å²) >= 11 is 0. The molecule has 2 nitrogen and oxygen atoms in total. The van der Waals surface area contributed by atoms with Crippen LogP contribution in [0.3, 0.4) is 0 Å². The molecule has 0 aromatic heterocycles. The minimum absolute atomic E-state index is 0.601. The van der Waals surface area contributed by atoms with E-state index in [2.05, 4.69) is 6.07 Å². The molecule has 0 N–H and O–H groups in total. The number of aryl methyl sites for hydroxylation is 1. The molecule has 66 valence electrons. The topological polar surface area (TPSA) is 18.5 Å². The highest BCUT2D eigenvalue weighted by Gasteiger charge is 2.01. The molecule has 0 aliphatic rings. The van der Waals surface area contributed by atoms with Gasteiger partial charge in [0.15, 0.2) is 0 Å². The van der Waals surface area contributed by atoms with Gasteiger partial charge in [-0.15, -0.1) is 0 Å². The zero-order valence-corrected chi connectivity index (χ0v) is 7.76. The Balaban J connectivity index is 2.94. The largest absolute Gasteiger partial charge is 0.496 e. The lowest BCUT2D eigenvalue weighted by Gasteiger charge is -2.07. The molecule has 0 unspecified atom stereocenters. The molecule has 0 amide bonds. The maximum absolute atomic E-state index is 5.20. The van der Waals surface area contributed by atoms with E-state index < -0.39 is 0 Å². The van der Waals surface area contributed by atoms with Crippen molar-refractivity contribution in [3.05, 3.63) is 29.3 Å². The molecule has 0 aliphatic heterocycles. The second kappa shape index (κ2) is 4.12. The third-order valence-corrected chi connectivity index (χ3v) is 1.74. The second-order valence-corrected chi connectivity index (χ2v) is 2.75. The molecule has 0 bridgehead atoms. The Hall–Kier alpha value is -1.02. The van der Waals surface area contributed by atoms with Crippen LogP contribution in [0.4, 0.5) is 0 Å². The average molecular weight is 166 g/mol. The van der Waals surface area contributed by atoms with Gasteiger partial charge in [-0.05, 0) is 18.6 Å². The molecule has 0 heterocycles. The first-order valence-electron chi connectivity index (χ1n) is 3.90. The second-order valence-electron chi connectivity index (χ2n) is 2.75. The van der Waals surface area contributed by atoms with Crippen LogP contribution in [0.2, 0.25) is 0 Å². The molecule has 1 aromatic rings. The monoisotopic (exact) mass is 166 g/mol. The summed E-state index contributed by atoms with van der Waals surface area (Å²) in [6, 6.07) is 6.09. The van der Waals surface area contributed by atoms with Crippen molar-refractivity contribution in [2.24, 2.45) is 0 Å². The van der Waals surface area contributed by atoms with Gasteiger partial charge in [-0.25, -0.2) is 0 Å². The van der Waals surface area contributed by atoms with Crippen LogP contribution < -0.4 is 4.74 Å². The fraction of sp³-hybridized carbons (Fsp3) is 0.400. The Morgan fingerprint density at radius 2 is 2.00 bits per heavy atom. The average Bonchev–Trinajstić information content (AvgIpc) is 2.08. The minimum atomic E-state index is 0.601. The molecule has 0 spiro atoms. The fourth-order valence-electron chi connectivity index (χ4n) is 1.13. The predicted molar refractivity (Wildman–Crippen MR) is 48.4 cm³/mol. The van der Waals surface area contributed by atoms with Crippen molar-refractivity contribution < 1.29 is 9.47 Å². The van der Waals surface area contributed by atoms with Gasteiger partial charge < -0.3 is 9.47 Å². The van der Waals surface area contributed by atoms with E-state index >= 15 is 0 Å². The van der Waals surface area contributed by atoms with Crippen LogP contribution >= 0.6 is 0 Å². The Bertz CT molecular complexity index is 256. The maximum atomic E-state index is 5.20. The number of ether oxygens (including phenoxy) is 2. The molecule has 1 rings (SSSR count). The van der Waals surface area contributed by atoms with Crippen LogP contribution in [0.5, 0.6) is 5.75 Å². The van der Waals surface area contributed by atoms with E-state index in [0.29, 0.717) is 6.61 Å². The lowest BCUT2D eigenvalue weighted by molar-refractivity contribution is 0.181. The van der Waals surface area contributed by atoms with E-state index in [1.165, 1.54) is 5.56 Å². The van der Waals surface area contributed by atoms with Crippen molar-refractivity contribution in [3.63, 3.8) is 0 Å². The van der Waals surface area contributed by atoms with E-state index in [-0.39, 0.29) is 0 Å². The van der Waals surface area contributed by atoms with Crippen LogP contribution in [0.15, 0.2) is 18.2 Å². The predicted octanol–water partition coefficient (Wildman–Crippen LogP) is 2.15. The van der Waals surface area contributed by atoms with Crippen LogP contribution in [0.25, 0.3) is 0 Å². The molecule has 12 heavy (non-hydrogen) atoms. The van der Waals surface area contributed by atoms with Gasteiger partial charge in [0, 0.05) is 12.7 Å². The van der Waals surface area contributed by atoms with Crippen LogP contribution in [0.1, 0.15) is 11.1 Å². The standard InChI is InChI=1S/C10H14O2/c1-8-4-5-9(7-11-2)10(6-8)12-3/h4-6H,7H2,1-3H3. The summed E-state index contributed by atoms with van der Waals surface area (Å²) in [5.41, 5.74) is 2.29. The van der Waals surface area contributed by atoms with Crippen molar-refractivity contribution in [2.75, 3.05) is 14.2 Å². The third kappa shape index (κ3) is 1.98. The number of benzene rings is 1. The number of hydrogen-bond donors (Lipinski definition) is 0. The third-order valence-electron chi connectivity index (χ3n) is 1.74. The first-order valence-corrected chi connectivity index (χ1v) is 3.90. The molecule has 0 atom stereocenters. The molecule has 2 heteroatoms. The zero-order chi connectivity index (χ0) is 8.97. The Kier molecular flexibility index (Phi) is 3.11.